The third-order valence-electron chi connectivity index (χ3n) is 2.46. The van der Waals surface area contributed by atoms with Gasteiger partial charge in [-0.05, 0) is 12.1 Å². The van der Waals surface area contributed by atoms with Crippen molar-refractivity contribution in [3.05, 3.63) is 40.8 Å². The average molecular weight is 306 g/mol. The number of hydrogen-bond acceptors (Lipinski definition) is 6. The van der Waals surface area contributed by atoms with Crippen molar-refractivity contribution in [2.75, 3.05) is 14.2 Å². The monoisotopic (exact) mass is 305 g/mol. The fourth-order valence-electron chi connectivity index (χ4n) is 1.62. The van der Waals surface area contributed by atoms with Crippen LogP contribution in [0.5, 0.6) is 17.4 Å². The van der Waals surface area contributed by atoms with E-state index in [1.807, 2.05) is 6.07 Å². The molecule has 0 unspecified atom stereocenters. The quantitative estimate of drug-likeness (QED) is 0.790. The second kappa shape index (κ2) is 6.88. The maximum Gasteiger partial charge on any atom is 0.224 e. The molecule has 21 heavy (non-hydrogen) atoms. The van der Waals surface area contributed by atoms with Crippen LogP contribution in [-0.2, 0) is 11.3 Å². The lowest BCUT2D eigenvalue weighted by Crippen LogP contribution is -1.99. The normalized spacial score (nSPS) is 10.0. The highest BCUT2D eigenvalue weighted by atomic mass is 35.5. The molecule has 0 aliphatic carbocycles. The molecule has 0 atom stereocenters. The molecule has 0 amide bonds. The average Bonchev–Trinajstić information content (AvgIpc) is 2.46. The van der Waals surface area contributed by atoms with Gasteiger partial charge in [0.2, 0.25) is 5.88 Å². The summed E-state index contributed by atoms with van der Waals surface area (Å²) in [6.45, 7) is 0.221. The molecular weight excluding hydrogens is 294 g/mol. The molecule has 0 radical (unpaired) electrons. The van der Waals surface area contributed by atoms with Gasteiger partial charge in [-0.15, -0.1) is 0 Å². The van der Waals surface area contributed by atoms with Gasteiger partial charge in [0, 0.05) is 19.2 Å². The molecule has 7 heteroatoms. The highest BCUT2D eigenvalue weighted by molar-refractivity contribution is 6.29. The van der Waals surface area contributed by atoms with Crippen LogP contribution in [0.2, 0.25) is 5.15 Å². The molecule has 108 valence electrons. The van der Waals surface area contributed by atoms with Crippen LogP contribution in [0.25, 0.3) is 0 Å². The van der Waals surface area contributed by atoms with Crippen molar-refractivity contribution in [3.8, 4) is 23.4 Å². The topological polar surface area (TPSA) is 77.3 Å². The molecule has 2 aromatic rings. The van der Waals surface area contributed by atoms with Crippen LogP contribution in [0.4, 0.5) is 0 Å². The minimum absolute atomic E-state index is 0.221. The summed E-state index contributed by atoms with van der Waals surface area (Å²) >= 11 is 5.91. The predicted octanol–water partition coefficient (Wildman–Crippen LogP) is 2.95. The van der Waals surface area contributed by atoms with E-state index in [2.05, 4.69) is 9.97 Å². The molecule has 0 saturated carbocycles. The number of hydrogen-bond donors (Lipinski definition) is 0. The Hall–Kier alpha value is -2.36. The Kier molecular flexibility index (Phi) is 4.93. The van der Waals surface area contributed by atoms with Gasteiger partial charge in [-0.2, -0.15) is 10.2 Å². The van der Waals surface area contributed by atoms with E-state index in [0.717, 1.165) is 0 Å². The lowest BCUT2D eigenvalue weighted by Gasteiger charge is -2.08. The molecule has 0 bridgehead atoms. The number of benzene rings is 1. The molecule has 1 heterocycles. The van der Waals surface area contributed by atoms with Crippen molar-refractivity contribution in [3.63, 3.8) is 0 Å². The van der Waals surface area contributed by atoms with E-state index in [-0.39, 0.29) is 17.6 Å². The van der Waals surface area contributed by atoms with Gasteiger partial charge in [-0.3, -0.25) is 0 Å². The molecule has 0 N–H and O–H groups in total. The molecular formula is C14H12ClN3O3. The first kappa shape index (κ1) is 15.0. The maximum atomic E-state index is 8.98. The zero-order valence-electron chi connectivity index (χ0n) is 11.5. The third-order valence-corrected chi connectivity index (χ3v) is 2.65. The lowest BCUT2D eigenvalue weighted by atomic mass is 10.2. The zero-order valence-corrected chi connectivity index (χ0v) is 12.2. The Morgan fingerprint density at radius 1 is 1.14 bits per heavy atom. The van der Waals surface area contributed by atoms with Crippen LogP contribution in [0, 0.1) is 11.3 Å². The van der Waals surface area contributed by atoms with Crippen molar-refractivity contribution < 1.29 is 14.2 Å². The fraction of sp³-hybridized carbons (Fsp3) is 0.214. The predicted molar refractivity (Wildman–Crippen MR) is 75.5 cm³/mol. The highest BCUT2D eigenvalue weighted by Gasteiger charge is 2.08. The first-order valence-electron chi connectivity index (χ1n) is 5.94. The van der Waals surface area contributed by atoms with E-state index in [4.69, 9.17) is 31.1 Å². The van der Waals surface area contributed by atoms with Gasteiger partial charge in [0.1, 0.15) is 23.3 Å². The van der Waals surface area contributed by atoms with Crippen LogP contribution in [-0.4, -0.2) is 24.2 Å². The van der Waals surface area contributed by atoms with Gasteiger partial charge < -0.3 is 14.2 Å². The van der Waals surface area contributed by atoms with E-state index < -0.39 is 0 Å². The van der Waals surface area contributed by atoms with E-state index in [0.29, 0.717) is 22.9 Å². The molecule has 0 saturated heterocycles. The molecule has 0 aliphatic rings. The Morgan fingerprint density at radius 3 is 2.57 bits per heavy atom. The van der Waals surface area contributed by atoms with Gasteiger partial charge in [0.15, 0.2) is 5.82 Å². The Balaban J connectivity index is 2.31. The van der Waals surface area contributed by atoms with Crippen molar-refractivity contribution in [2.45, 2.75) is 6.61 Å². The van der Waals surface area contributed by atoms with Crippen LogP contribution in [0.1, 0.15) is 11.4 Å². The lowest BCUT2D eigenvalue weighted by molar-refractivity contribution is 0.177. The summed E-state index contributed by atoms with van der Waals surface area (Å²) in [6, 6.07) is 8.34. The van der Waals surface area contributed by atoms with E-state index in [1.54, 1.807) is 18.2 Å². The molecule has 2 rings (SSSR count). The van der Waals surface area contributed by atoms with Gasteiger partial charge in [-0.1, -0.05) is 11.6 Å². The summed E-state index contributed by atoms with van der Waals surface area (Å²) in [7, 11) is 3.05. The number of methoxy groups -OCH3 is 2. The zero-order chi connectivity index (χ0) is 15.2. The van der Waals surface area contributed by atoms with E-state index >= 15 is 0 Å². The Morgan fingerprint density at radius 2 is 1.90 bits per heavy atom. The summed E-state index contributed by atoms with van der Waals surface area (Å²) in [4.78, 5) is 8.17. The number of nitrogens with zero attached hydrogens (tertiary/aromatic N) is 3. The summed E-state index contributed by atoms with van der Waals surface area (Å²) in [5.41, 5.74) is 0.418. The largest absolute Gasteiger partial charge is 0.497 e. The van der Waals surface area contributed by atoms with Crippen LogP contribution in [0.15, 0.2) is 24.3 Å². The Bertz CT molecular complexity index is 686. The number of halogens is 1. The number of aromatic nitrogens is 2. The second-order valence-corrected chi connectivity index (χ2v) is 4.38. The number of nitriles is 1. The first-order valence-corrected chi connectivity index (χ1v) is 6.32. The molecule has 6 nitrogen and oxygen atoms in total. The van der Waals surface area contributed by atoms with Crippen molar-refractivity contribution in [2.24, 2.45) is 0 Å². The van der Waals surface area contributed by atoms with E-state index in [9.17, 15) is 0 Å². The van der Waals surface area contributed by atoms with Crippen LogP contribution < -0.4 is 9.47 Å². The number of ether oxygens (including phenoxy) is 3. The third kappa shape index (κ3) is 4.05. The summed E-state index contributed by atoms with van der Waals surface area (Å²) in [5, 5.41) is 9.23. The molecule has 0 fully saturated rings. The minimum Gasteiger partial charge on any atom is -0.497 e. The van der Waals surface area contributed by atoms with Crippen LogP contribution in [0.3, 0.4) is 0 Å². The SMILES string of the molecule is COCc1nc(Cl)cc(Oc2cc(C#N)cc(OC)c2)n1. The van der Waals surface area contributed by atoms with Gasteiger partial charge >= 0.3 is 0 Å². The summed E-state index contributed by atoms with van der Waals surface area (Å²) in [6.07, 6.45) is 0. The molecule has 0 aliphatic heterocycles. The van der Waals surface area contributed by atoms with Crippen molar-refractivity contribution in [1.82, 2.24) is 9.97 Å². The smallest absolute Gasteiger partial charge is 0.224 e. The minimum atomic E-state index is 0.221. The first-order chi connectivity index (χ1) is 10.1. The van der Waals surface area contributed by atoms with Gasteiger partial charge in [0.25, 0.3) is 0 Å². The van der Waals surface area contributed by atoms with Gasteiger partial charge in [-0.25, -0.2) is 4.98 Å². The van der Waals surface area contributed by atoms with Crippen molar-refractivity contribution >= 4 is 11.6 Å². The van der Waals surface area contributed by atoms with Crippen molar-refractivity contribution in [1.29, 1.82) is 5.26 Å². The second-order valence-electron chi connectivity index (χ2n) is 3.99. The summed E-state index contributed by atoms with van der Waals surface area (Å²) in [5.74, 6) is 1.60. The molecule has 1 aromatic carbocycles. The van der Waals surface area contributed by atoms with E-state index in [1.165, 1.54) is 20.3 Å². The highest BCUT2D eigenvalue weighted by Crippen LogP contribution is 2.27. The van der Waals surface area contributed by atoms with Crippen LogP contribution >= 0.6 is 11.6 Å². The Labute approximate surface area is 126 Å². The van der Waals surface area contributed by atoms with Gasteiger partial charge in [0.05, 0.1) is 18.7 Å². The maximum absolute atomic E-state index is 8.98. The fourth-order valence-corrected chi connectivity index (χ4v) is 1.81. The summed E-state index contributed by atoms with van der Waals surface area (Å²) < 4.78 is 15.7. The standard InChI is InChI=1S/C14H12ClN3O3/c1-19-8-13-17-12(15)6-14(18-13)21-11-4-9(7-16)3-10(5-11)20-2/h3-6H,8H2,1-2H3. The molecule has 0 spiro atoms. The molecule has 1 aromatic heterocycles. The number of rotatable bonds is 5.